The van der Waals surface area contributed by atoms with Gasteiger partial charge in [-0.1, -0.05) is 35.9 Å². The van der Waals surface area contributed by atoms with Gasteiger partial charge in [0.1, 0.15) is 42.4 Å². The summed E-state index contributed by atoms with van der Waals surface area (Å²) in [6.07, 6.45) is -4.46. The molecule has 0 saturated carbocycles. The lowest BCUT2D eigenvalue weighted by atomic mass is 9.90. The summed E-state index contributed by atoms with van der Waals surface area (Å²) < 4.78 is 16.9. The minimum atomic E-state index is -1.42. The molecule has 6 atom stereocenters. The van der Waals surface area contributed by atoms with Gasteiger partial charge in [0, 0.05) is 25.5 Å². The van der Waals surface area contributed by atoms with E-state index in [1.54, 1.807) is 31.1 Å². The number of benzene rings is 2. The van der Waals surface area contributed by atoms with Crippen molar-refractivity contribution in [1.82, 2.24) is 4.90 Å². The molecule has 2 aromatic rings. The molecule has 12 nitrogen and oxygen atoms in total. The fraction of sp³-hybridized carbons (Fsp3) is 0.481. The molecule has 0 unspecified atom stereocenters. The fourth-order valence-corrected chi connectivity index (χ4v) is 4.40. The first kappa shape index (κ1) is 34.5. The maximum atomic E-state index is 10.4. The van der Waals surface area contributed by atoms with Gasteiger partial charge >= 0.3 is 0 Å². The van der Waals surface area contributed by atoms with Gasteiger partial charge in [-0.05, 0) is 41.3 Å². The number of aliphatic hydroxyl groups excluding tert-OH is 4. The van der Waals surface area contributed by atoms with Crippen LogP contribution in [0.1, 0.15) is 29.2 Å². The molecule has 2 heterocycles. The second kappa shape index (κ2) is 16.1. The van der Waals surface area contributed by atoms with Crippen molar-refractivity contribution < 1.29 is 34.6 Å². The first-order chi connectivity index (χ1) is 19.0. The van der Waals surface area contributed by atoms with Gasteiger partial charge in [0.2, 0.25) is 5.96 Å². The third-order valence-electron chi connectivity index (χ3n) is 6.49. The van der Waals surface area contributed by atoms with Gasteiger partial charge in [-0.3, -0.25) is 5.41 Å². The zero-order chi connectivity index (χ0) is 29.4. The van der Waals surface area contributed by atoms with E-state index in [0.29, 0.717) is 23.6 Å². The number of aliphatic imine (C=N–C) groups is 1. The predicted molar refractivity (Wildman–Crippen MR) is 158 cm³/mol. The van der Waals surface area contributed by atoms with E-state index in [1.165, 1.54) is 0 Å². The van der Waals surface area contributed by atoms with Crippen LogP contribution < -0.4 is 16.2 Å². The number of guanidine groups is 2. The summed E-state index contributed by atoms with van der Waals surface area (Å²) in [7, 11) is 3.45. The van der Waals surface area contributed by atoms with Crippen LogP contribution in [0.4, 0.5) is 0 Å². The van der Waals surface area contributed by atoms with E-state index in [0.717, 1.165) is 29.9 Å². The molecule has 2 saturated heterocycles. The molecular formula is C27H39Cl2N5O7. The van der Waals surface area contributed by atoms with Crippen LogP contribution in [0.15, 0.2) is 47.5 Å². The molecule has 14 heteroatoms. The summed E-state index contributed by atoms with van der Waals surface area (Å²) in [6.45, 7) is 0.872. The highest BCUT2D eigenvalue weighted by Gasteiger charge is 2.44. The van der Waals surface area contributed by atoms with Gasteiger partial charge in [0.05, 0.1) is 19.8 Å². The number of ether oxygens (including phenoxy) is 3. The molecule has 0 aromatic heterocycles. The summed E-state index contributed by atoms with van der Waals surface area (Å²) in [5, 5.41) is 47.2. The first-order valence-corrected chi connectivity index (χ1v) is 13.2. The van der Waals surface area contributed by atoms with E-state index in [9.17, 15) is 20.4 Å². The molecule has 2 aliphatic heterocycles. The summed E-state index contributed by atoms with van der Waals surface area (Å²) in [6, 6.07) is 13.0. The lowest BCUT2D eigenvalue weighted by Crippen LogP contribution is -2.55. The third kappa shape index (κ3) is 9.69. The molecule has 0 bridgehead atoms. The number of hydrogen-bond acceptors (Lipinski definition) is 8. The van der Waals surface area contributed by atoms with Crippen LogP contribution in [0.3, 0.4) is 0 Å². The van der Waals surface area contributed by atoms with Crippen molar-refractivity contribution in [3.05, 3.63) is 64.2 Å². The normalized spacial score (nSPS) is 25.9. The van der Waals surface area contributed by atoms with Gasteiger partial charge < -0.3 is 51.0 Å². The van der Waals surface area contributed by atoms with Crippen LogP contribution in [0.2, 0.25) is 5.02 Å². The zero-order valence-electron chi connectivity index (χ0n) is 22.9. The maximum Gasteiger partial charge on any atom is 0.215 e. The van der Waals surface area contributed by atoms with Crippen molar-refractivity contribution >= 4 is 35.9 Å². The molecule has 0 amide bonds. The van der Waals surface area contributed by atoms with Crippen molar-refractivity contribution in [2.24, 2.45) is 16.5 Å². The largest absolute Gasteiger partial charge is 0.488 e. The second-order valence-electron chi connectivity index (χ2n) is 9.77. The van der Waals surface area contributed by atoms with Crippen LogP contribution >= 0.6 is 24.0 Å². The Morgan fingerprint density at radius 2 is 1.78 bits per heavy atom. The number of rotatable bonds is 6. The second-order valence-corrected chi connectivity index (χ2v) is 10.2. The van der Waals surface area contributed by atoms with Crippen molar-refractivity contribution in [1.29, 1.82) is 5.41 Å². The fourth-order valence-electron chi connectivity index (χ4n) is 4.21. The minimum absolute atomic E-state index is 0. The molecule has 41 heavy (non-hydrogen) atoms. The summed E-state index contributed by atoms with van der Waals surface area (Å²) >= 11 is 6.40. The Labute approximate surface area is 250 Å². The lowest BCUT2D eigenvalue weighted by Gasteiger charge is -2.40. The Hall–Kier alpha value is -2.68. The topological polar surface area (TPSA) is 200 Å². The molecule has 9 N–H and O–H groups in total. The highest BCUT2D eigenvalue weighted by molar-refractivity contribution is 6.31. The standard InChI is InChI=1S/C23H27ClO7.C4H11N5.ClH/c24-18-6-3-14(23-22(28)21(27)20(26)19(11-25)31-23)10-15(18)9-13-1-4-16(5-2-13)30-17-7-8-29-12-17;1-9(2)4(7)8-3(5)6;/h1-6,10,17,19-23,25-28H,7-9,11-12H2;1-2H3,(H5,5,6,7,8);1H/t17-,19+,20+,21-,22+,23-;;/m0../s1. The van der Waals surface area contributed by atoms with Crippen LogP contribution in [-0.2, 0) is 15.9 Å². The van der Waals surface area contributed by atoms with E-state index in [-0.39, 0.29) is 30.4 Å². The molecule has 2 aliphatic rings. The quantitative estimate of drug-likeness (QED) is 0.180. The number of aliphatic hydroxyl groups is 4. The highest BCUT2D eigenvalue weighted by atomic mass is 35.5. The van der Waals surface area contributed by atoms with E-state index < -0.39 is 37.1 Å². The van der Waals surface area contributed by atoms with E-state index in [2.05, 4.69) is 4.99 Å². The monoisotopic (exact) mass is 615 g/mol. The Morgan fingerprint density at radius 1 is 1.10 bits per heavy atom. The maximum absolute atomic E-state index is 10.4. The molecule has 228 valence electrons. The van der Waals surface area contributed by atoms with E-state index in [4.69, 9.17) is 42.7 Å². The van der Waals surface area contributed by atoms with Crippen LogP contribution in [0.25, 0.3) is 0 Å². The van der Waals surface area contributed by atoms with Crippen LogP contribution in [0, 0.1) is 5.41 Å². The summed E-state index contributed by atoms with van der Waals surface area (Å²) in [5.74, 6) is 0.754. The smallest absolute Gasteiger partial charge is 0.215 e. The summed E-state index contributed by atoms with van der Waals surface area (Å²) in [4.78, 5) is 5.03. The number of nitrogens with zero attached hydrogens (tertiary/aromatic N) is 2. The summed E-state index contributed by atoms with van der Waals surface area (Å²) in [5.41, 5.74) is 12.7. The Morgan fingerprint density at radius 3 is 2.32 bits per heavy atom. The van der Waals surface area contributed by atoms with Crippen molar-refractivity contribution in [2.45, 2.75) is 49.5 Å². The number of halogens is 2. The number of hydrogen-bond donors (Lipinski definition) is 7. The molecule has 2 fully saturated rings. The Bertz CT molecular complexity index is 1150. The zero-order valence-corrected chi connectivity index (χ0v) is 24.5. The molecule has 4 rings (SSSR count). The average molecular weight is 617 g/mol. The van der Waals surface area contributed by atoms with E-state index in [1.807, 2.05) is 30.3 Å². The van der Waals surface area contributed by atoms with Gasteiger partial charge in [-0.2, -0.15) is 4.99 Å². The predicted octanol–water partition coefficient (Wildman–Crippen LogP) is 0.791. The van der Waals surface area contributed by atoms with Crippen molar-refractivity contribution in [3.8, 4) is 5.75 Å². The van der Waals surface area contributed by atoms with Crippen LogP contribution in [-0.4, -0.2) is 102 Å². The molecule has 0 aliphatic carbocycles. The molecular weight excluding hydrogens is 577 g/mol. The van der Waals surface area contributed by atoms with Gasteiger partial charge in [0.25, 0.3) is 0 Å². The molecule has 2 aromatic carbocycles. The SMILES string of the molecule is CN(C)/C(N)=N/C(=N)N.Cl.OC[C@H]1O[C@@H](c2ccc(Cl)c(Cc3ccc(O[C@H]4CCOC4)cc3)c2)[C@H](O)[C@@H](O)[C@@H]1O. The average Bonchev–Trinajstić information content (AvgIpc) is 3.43. The Balaban J connectivity index is 0.000000511. The van der Waals surface area contributed by atoms with Gasteiger partial charge in [0.15, 0.2) is 5.96 Å². The first-order valence-electron chi connectivity index (χ1n) is 12.8. The van der Waals surface area contributed by atoms with Gasteiger partial charge in [-0.25, -0.2) is 0 Å². The third-order valence-corrected chi connectivity index (χ3v) is 6.86. The highest BCUT2D eigenvalue weighted by Crippen LogP contribution is 2.34. The number of nitrogens with one attached hydrogen (secondary N) is 1. The van der Waals surface area contributed by atoms with Crippen LogP contribution in [0.5, 0.6) is 5.75 Å². The number of nitrogens with two attached hydrogens (primary N) is 2. The van der Waals surface area contributed by atoms with Crippen molar-refractivity contribution in [3.63, 3.8) is 0 Å². The molecule has 0 spiro atoms. The Kier molecular flexibility index (Phi) is 13.5. The lowest BCUT2D eigenvalue weighted by molar-refractivity contribution is -0.231. The van der Waals surface area contributed by atoms with E-state index >= 15 is 0 Å². The van der Waals surface area contributed by atoms with Crippen molar-refractivity contribution in [2.75, 3.05) is 33.9 Å². The molecule has 0 radical (unpaired) electrons. The van der Waals surface area contributed by atoms with Gasteiger partial charge in [-0.15, -0.1) is 12.4 Å². The minimum Gasteiger partial charge on any atom is -0.488 e.